The lowest BCUT2D eigenvalue weighted by molar-refractivity contribution is -0.359. The summed E-state index contributed by atoms with van der Waals surface area (Å²) in [6, 6.07) is -0.971. The van der Waals surface area contributed by atoms with Crippen molar-refractivity contribution < 1.29 is 64.6 Å². The van der Waals surface area contributed by atoms with Gasteiger partial charge in [0, 0.05) is 6.42 Å². The summed E-state index contributed by atoms with van der Waals surface area (Å²) in [4.78, 5) is 13.3. The molecule has 94 heavy (non-hydrogen) atoms. The molecular formula is C80H129NO13. The van der Waals surface area contributed by atoms with E-state index < -0.39 is 86.8 Å². The van der Waals surface area contributed by atoms with Crippen molar-refractivity contribution in [3.05, 3.63) is 170 Å². The molecule has 0 aromatic rings. The highest BCUT2D eigenvalue weighted by Gasteiger charge is 2.51. The van der Waals surface area contributed by atoms with Crippen LogP contribution in [0, 0.1) is 0 Å². The van der Waals surface area contributed by atoms with Crippen LogP contribution in [0.1, 0.15) is 232 Å². The van der Waals surface area contributed by atoms with Crippen LogP contribution in [0.2, 0.25) is 0 Å². The molecule has 9 N–H and O–H groups in total. The van der Waals surface area contributed by atoms with Crippen molar-refractivity contribution >= 4 is 5.91 Å². The molecule has 0 aliphatic carbocycles. The number of allylic oxidation sites excluding steroid dienone is 27. The van der Waals surface area contributed by atoms with Gasteiger partial charge in [-0.2, -0.15) is 0 Å². The van der Waals surface area contributed by atoms with Crippen molar-refractivity contribution in [1.82, 2.24) is 5.32 Å². The van der Waals surface area contributed by atoms with Crippen LogP contribution in [0.3, 0.4) is 0 Å². The van der Waals surface area contributed by atoms with Crippen LogP contribution >= 0.6 is 0 Å². The first kappa shape index (κ1) is 85.4. The standard InChI is InChI=1S/C80H129NO13/c1-3-5-7-9-11-13-15-17-19-21-23-25-27-28-29-30-31-32-33-34-35-36-37-38-39-40-42-44-46-48-50-52-54-56-58-60-62-64-72(85)81-68(67-91-79-77(90)75(88)78(71(66-83)93-79)94-80-76(89)74(87)73(86)70(65-82)92-80)69(84)63-61-59-57-55-53-51-49-47-45-43-41-26-24-22-20-18-16-14-12-10-8-6-4-2/h5,7,11,13,17,19,23,25,28-29,31-32,34-35,37-38,40,42,45-48,52-55,61,63,68-71,73-80,82-84,86-90H,3-4,6,8-10,12,14-16,18,20-22,24,26-27,30,33,36,39,41,43-44,49-51,56-60,62,64-67H2,1-2H3,(H,81,85)/b7-5-,13-11-,19-17-,25-23-,29-28-,32-31-,35-34-,38-37-,42-40-,47-45+,48-46-,54-52-,55-53+,63-61+. The number of carbonyl (C=O) groups is 1. The van der Waals surface area contributed by atoms with E-state index in [1.807, 2.05) is 6.08 Å². The highest BCUT2D eigenvalue weighted by Crippen LogP contribution is 2.30. The van der Waals surface area contributed by atoms with Gasteiger partial charge in [0.15, 0.2) is 12.6 Å². The van der Waals surface area contributed by atoms with Crippen LogP contribution in [-0.4, -0.2) is 140 Å². The first-order valence-corrected chi connectivity index (χ1v) is 36.4. The number of carbonyl (C=O) groups excluding carboxylic acids is 1. The van der Waals surface area contributed by atoms with Crippen molar-refractivity contribution in [3.63, 3.8) is 0 Å². The van der Waals surface area contributed by atoms with Gasteiger partial charge in [0.2, 0.25) is 5.91 Å². The van der Waals surface area contributed by atoms with Crippen molar-refractivity contribution in [1.29, 1.82) is 0 Å². The fourth-order valence-electron chi connectivity index (χ4n) is 10.6. The summed E-state index contributed by atoms with van der Waals surface area (Å²) in [5.41, 5.74) is 0. The highest BCUT2D eigenvalue weighted by molar-refractivity contribution is 5.76. The van der Waals surface area contributed by atoms with E-state index in [4.69, 9.17) is 18.9 Å². The van der Waals surface area contributed by atoms with Gasteiger partial charge in [0.05, 0.1) is 32.0 Å². The molecule has 0 aromatic heterocycles. The number of aliphatic hydroxyl groups excluding tert-OH is 8. The number of nitrogens with one attached hydrogen (secondary N) is 1. The number of hydrogen-bond acceptors (Lipinski definition) is 13. The maximum absolute atomic E-state index is 13.3. The minimum atomic E-state index is -1.81. The zero-order chi connectivity index (χ0) is 68.0. The molecule has 2 aliphatic rings. The van der Waals surface area contributed by atoms with Gasteiger partial charge in [-0.05, 0) is 128 Å². The lowest BCUT2D eigenvalue weighted by Crippen LogP contribution is -2.65. The zero-order valence-corrected chi connectivity index (χ0v) is 57.9. The van der Waals surface area contributed by atoms with Gasteiger partial charge < -0.3 is 65.1 Å². The summed E-state index contributed by atoms with van der Waals surface area (Å²) >= 11 is 0. The number of aliphatic hydroxyl groups is 8. The number of rotatable bonds is 57. The monoisotopic (exact) mass is 1310 g/mol. The summed E-state index contributed by atoms with van der Waals surface area (Å²) in [5.74, 6) is -0.292. The molecule has 0 aromatic carbocycles. The van der Waals surface area contributed by atoms with Gasteiger partial charge >= 0.3 is 0 Å². The van der Waals surface area contributed by atoms with E-state index in [-0.39, 0.29) is 18.9 Å². The predicted octanol–water partition coefficient (Wildman–Crippen LogP) is 15.6. The van der Waals surface area contributed by atoms with E-state index in [1.54, 1.807) is 6.08 Å². The fourth-order valence-corrected chi connectivity index (χ4v) is 10.6. The third-order valence-electron chi connectivity index (χ3n) is 16.4. The van der Waals surface area contributed by atoms with Crippen molar-refractivity contribution in [2.75, 3.05) is 19.8 Å². The Labute approximate surface area is 568 Å². The molecule has 0 spiro atoms. The molecule has 0 bridgehead atoms. The Kier molecular flexibility index (Phi) is 56.3. The molecule has 2 fully saturated rings. The average Bonchev–Trinajstić information content (AvgIpc) is 0.794. The van der Waals surface area contributed by atoms with Gasteiger partial charge in [-0.15, -0.1) is 0 Å². The second-order valence-electron chi connectivity index (χ2n) is 24.6. The molecule has 12 unspecified atom stereocenters. The summed E-state index contributed by atoms with van der Waals surface area (Å²) in [6.07, 6.45) is 79.8. The third kappa shape index (κ3) is 45.0. The molecule has 1 amide bonds. The van der Waals surface area contributed by atoms with E-state index in [2.05, 4.69) is 177 Å². The lowest BCUT2D eigenvalue weighted by Gasteiger charge is -2.46. The summed E-state index contributed by atoms with van der Waals surface area (Å²) in [6.45, 7) is 2.63. The zero-order valence-electron chi connectivity index (χ0n) is 57.9. The molecule has 14 heteroatoms. The van der Waals surface area contributed by atoms with Crippen molar-refractivity contribution in [2.24, 2.45) is 0 Å². The van der Waals surface area contributed by atoms with Crippen molar-refractivity contribution in [3.8, 4) is 0 Å². The number of amides is 1. The highest BCUT2D eigenvalue weighted by atomic mass is 16.7. The quantitative estimate of drug-likeness (QED) is 0.0204. The minimum absolute atomic E-state index is 0.218. The van der Waals surface area contributed by atoms with Crippen molar-refractivity contribution in [2.45, 2.75) is 306 Å². The van der Waals surface area contributed by atoms with E-state index in [1.165, 1.54) is 83.5 Å². The Morgan fingerprint density at radius 1 is 0.394 bits per heavy atom. The summed E-state index contributed by atoms with van der Waals surface area (Å²) in [5, 5.41) is 87.4. The van der Waals surface area contributed by atoms with E-state index in [0.29, 0.717) is 12.8 Å². The van der Waals surface area contributed by atoms with E-state index in [9.17, 15) is 45.6 Å². The molecule has 12 atom stereocenters. The van der Waals surface area contributed by atoms with Gasteiger partial charge in [-0.25, -0.2) is 0 Å². The van der Waals surface area contributed by atoms with Crippen LogP contribution in [0.25, 0.3) is 0 Å². The number of hydrogen-bond donors (Lipinski definition) is 9. The molecule has 2 saturated heterocycles. The van der Waals surface area contributed by atoms with E-state index >= 15 is 0 Å². The largest absolute Gasteiger partial charge is 0.394 e. The minimum Gasteiger partial charge on any atom is -0.394 e. The van der Waals surface area contributed by atoms with Crippen LogP contribution in [-0.2, 0) is 23.7 Å². The Hall–Kier alpha value is -4.65. The summed E-state index contributed by atoms with van der Waals surface area (Å²) in [7, 11) is 0. The topological polar surface area (TPSA) is 228 Å². The Balaban J connectivity index is 1.72. The molecule has 2 rings (SSSR count). The normalized spacial score (nSPS) is 23.5. The Bertz CT molecular complexity index is 2240. The molecule has 14 nitrogen and oxygen atoms in total. The van der Waals surface area contributed by atoms with Gasteiger partial charge in [0.25, 0.3) is 0 Å². The molecule has 2 aliphatic heterocycles. The second kappa shape index (κ2) is 61.9. The van der Waals surface area contributed by atoms with Gasteiger partial charge in [-0.1, -0.05) is 267 Å². The molecule has 532 valence electrons. The number of unbranched alkanes of at least 4 members (excludes halogenated alkanes) is 18. The van der Waals surface area contributed by atoms with Gasteiger partial charge in [0.1, 0.15) is 48.8 Å². The molecule has 2 heterocycles. The molecular weight excluding hydrogens is 1180 g/mol. The first-order chi connectivity index (χ1) is 46.1. The maximum Gasteiger partial charge on any atom is 0.220 e. The van der Waals surface area contributed by atoms with E-state index in [0.717, 1.165) is 116 Å². The van der Waals surface area contributed by atoms with Gasteiger partial charge in [-0.3, -0.25) is 4.79 Å². The third-order valence-corrected chi connectivity index (χ3v) is 16.4. The molecule has 0 saturated carbocycles. The summed E-state index contributed by atoms with van der Waals surface area (Å²) < 4.78 is 22.8. The predicted molar refractivity (Wildman–Crippen MR) is 387 cm³/mol. The lowest BCUT2D eigenvalue weighted by atomic mass is 9.97. The smallest absolute Gasteiger partial charge is 0.220 e. The average molecular weight is 1310 g/mol. The van der Waals surface area contributed by atoms with Crippen LogP contribution < -0.4 is 5.32 Å². The fraction of sp³-hybridized carbons (Fsp3) is 0.637. The second-order valence-corrected chi connectivity index (χ2v) is 24.6. The number of ether oxygens (including phenoxy) is 4. The first-order valence-electron chi connectivity index (χ1n) is 36.4. The van der Waals surface area contributed by atoms with Crippen LogP contribution in [0.4, 0.5) is 0 Å². The SMILES string of the molecule is CC/C=C\C/C=C\C/C=C\C/C=C\C/C=C\C/C=C\C/C=C\C/C=C\C/C=C\C/C=C\C/C=C\CCCCCC(=O)NC(COC1OC(CO)C(OC2OC(CO)C(O)C(O)C2O)C(O)C1O)C(O)/C=C/CC/C=C/CC/C=C/CCCCCCCCCCCCCCC. The Morgan fingerprint density at radius 2 is 0.745 bits per heavy atom. The van der Waals surface area contributed by atoms with Crippen LogP contribution in [0.5, 0.6) is 0 Å². The Morgan fingerprint density at radius 3 is 1.17 bits per heavy atom. The molecule has 0 radical (unpaired) electrons. The van der Waals surface area contributed by atoms with Crippen LogP contribution in [0.15, 0.2) is 170 Å². The maximum atomic E-state index is 13.3.